The minimum Gasteiger partial charge on any atom is -0.383 e. The minimum atomic E-state index is -0.627. The van der Waals surface area contributed by atoms with E-state index in [9.17, 15) is 4.79 Å². The van der Waals surface area contributed by atoms with Crippen LogP contribution in [0.3, 0.4) is 0 Å². The van der Waals surface area contributed by atoms with Gasteiger partial charge < -0.3 is 21.1 Å². The lowest BCUT2D eigenvalue weighted by Crippen LogP contribution is -2.56. The van der Waals surface area contributed by atoms with Gasteiger partial charge in [-0.25, -0.2) is 0 Å². The van der Waals surface area contributed by atoms with Crippen LogP contribution in [0.5, 0.6) is 0 Å². The number of amides is 1. The summed E-state index contributed by atoms with van der Waals surface area (Å²) in [5.74, 6) is -0.174. The molecule has 1 aromatic rings. The third-order valence-electron chi connectivity index (χ3n) is 4.46. The van der Waals surface area contributed by atoms with E-state index in [-0.39, 0.29) is 24.1 Å². The van der Waals surface area contributed by atoms with E-state index in [0.717, 1.165) is 12.8 Å². The molecular formula is C18H31N3O2. The number of carbonyl (C=O) groups is 1. The van der Waals surface area contributed by atoms with E-state index in [1.807, 2.05) is 18.2 Å². The highest BCUT2D eigenvalue weighted by Gasteiger charge is 2.29. The predicted molar refractivity (Wildman–Crippen MR) is 94.2 cm³/mol. The summed E-state index contributed by atoms with van der Waals surface area (Å²) >= 11 is 0. The van der Waals surface area contributed by atoms with Gasteiger partial charge in [-0.2, -0.15) is 0 Å². The summed E-state index contributed by atoms with van der Waals surface area (Å²) in [5, 5.41) is 6.65. The maximum absolute atomic E-state index is 12.0. The smallest absolute Gasteiger partial charge is 0.239 e. The second-order valence-electron chi connectivity index (χ2n) is 6.04. The molecule has 0 aliphatic heterocycles. The standard InChI is InChI=1S/C18H31N3O2/c1-5-18(6-2,13-20-17(22)16(19)12-23-4)21-14(3)15-10-8-7-9-11-15/h7-11,14,16,21H,5-6,12-13,19H2,1-4H3,(H,20,22). The molecule has 2 unspecified atom stereocenters. The van der Waals surface area contributed by atoms with Crippen LogP contribution in [0.15, 0.2) is 30.3 Å². The fourth-order valence-electron chi connectivity index (χ4n) is 2.68. The van der Waals surface area contributed by atoms with Crippen LogP contribution >= 0.6 is 0 Å². The second kappa shape index (κ2) is 9.65. The van der Waals surface area contributed by atoms with Crippen LogP contribution in [0.4, 0.5) is 0 Å². The molecule has 0 aromatic heterocycles. The van der Waals surface area contributed by atoms with Crippen molar-refractivity contribution in [3.63, 3.8) is 0 Å². The van der Waals surface area contributed by atoms with E-state index in [1.165, 1.54) is 5.56 Å². The van der Waals surface area contributed by atoms with Gasteiger partial charge in [-0.05, 0) is 25.3 Å². The Morgan fingerprint density at radius 1 is 1.26 bits per heavy atom. The Labute approximate surface area is 140 Å². The highest BCUT2D eigenvalue weighted by atomic mass is 16.5. The Bertz CT molecular complexity index is 461. The number of nitrogens with one attached hydrogen (secondary N) is 2. The average molecular weight is 321 g/mol. The highest BCUT2D eigenvalue weighted by molar-refractivity contribution is 5.81. The molecule has 0 aliphatic carbocycles. The lowest BCUT2D eigenvalue weighted by molar-refractivity contribution is -0.123. The molecule has 23 heavy (non-hydrogen) atoms. The zero-order chi connectivity index (χ0) is 17.3. The molecular weight excluding hydrogens is 290 g/mol. The summed E-state index contributed by atoms with van der Waals surface area (Å²) in [6.07, 6.45) is 1.83. The number of carbonyl (C=O) groups excluding carboxylic acids is 1. The molecule has 1 aromatic carbocycles. The lowest BCUT2D eigenvalue weighted by atomic mass is 9.90. The largest absolute Gasteiger partial charge is 0.383 e. The maximum Gasteiger partial charge on any atom is 0.239 e. The van der Waals surface area contributed by atoms with Crippen molar-refractivity contribution in [2.24, 2.45) is 5.73 Å². The summed E-state index contributed by atoms with van der Waals surface area (Å²) in [4.78, 5) is 12.0. The van der Waals surface area contributed by atoms with E-state index in [1.54, 1.807) is 7.11 Å². The van der Waals surface area contributed by atoms with Crippen LogP contribution in [-0.4, -0.2) is 37.7 Å². The van der Waals surface area contributed by atoms with Gasteiger partial charge in [0.15, 0.2) is 0 Å². The van der Waals surface area contributed by atoms with Gasteiger partial charge in [0.25, 0.3) is 0 Å². The van der Waals surface area contributed by atoms with Crippen LogP contribution in [0.1, 0.15) is 45.2 Å². The van der Waals surface area contributed by atoms with Gasteiger partial charge in [0.2, 0.25) is 5.91 Å². The molecule has 0 saturated carbocycles. The number of nitrogens with two attached hydrogens (primary N) is 1. The third kappa shape index (κ3) is 5.94. The number of hydrogen-bond donors (Lipinski definition) is 3. The average Bonchev–Trinajstić information content (AvgIpc) is 2.59. The van der Waals surface area contributed by atoms with Gasteiger partial charge in [0, 0.05) is 25.2 Å². The lowest BCUT2D eigenvalue weighted by Gasteiger charge is -2.36. The van der Waals surface area contributed by atoms with Crippen molar-refractivity contribution in [2.75, 3.05) is 20.3 Å². The second-order valence-corrected chi connectivity index (χ2v) is 6.04. The number of rotatable bonds is 10. The zero-order valence-electron chi connectivity index (χ0n) is 14.8. The molecule has 0 saturated heterocycles. The summed E-state index contributed by atoms with van der Waals surface area (Å²) in [6.45, 7) is 7.19. The van der Waals surface area contributed by atoms with Crippen LogP contribution in [-0.2, 0) is 9.53 Å². The number of methoxy groups -OCH3 is 1. The van der Waals surface area contributed by atoms with Gasteiger partial charge >= 0.3 is 0 Å². The Kier molecular flexibility index (Phi) is 8.23. The Morgan fingerprint density at radius 3 is 2.39 bits per heavy atom. The van der Waals surface area contributed by atoms with Gasteiger partial charge in [-0.15, -0.1) is 0 Å². The van der Waals surface area contributed by atoms with Crippen LogP contribution in [0.2, 0.25) is 0 Å². The van der Waals surface area contributed by atoms with E-state index in [2.05, 4.69) is 43.5 Å². The molecule has 5 nitrogen and oxygen atoms in total. The molecule has 0 bridgehead atoms. The summed E-state index contributed by atoms with van der Waals surface area (Å²) in [7, 11) is 1.54. The van der Waals surface area contributed by atoms with Gasteiger partial charge in [-0.3, -0.25) is 4.79 Å². The fraction of sp³-hybridized carbons (Fsp3) is 0.611. The van der Waals surface area contributed by atoms with Crippen LogP contribution in [0.25, 0.3) is 0 Å². The molecule has 0 heterocycles. The van der Waals surface area contributed by atoms with Crippen molar-refractivity contribution >= 4 is 5.91 Å². The molecule has 0 radical (unpaired) electrons. The van der Waals surface area contributed by atoms with Crippen molar-refractivity contribution in [2.45, 2.75) is 51.2 Å². The topological polar surface area (TPSA) is 76.4 Å². The highest BCUT2D eigenvalue weighted by Crippen LogP contribution is 2.21. The van der Waals surface area contributed by atoms with Gasteiger partial charge in [0.1, 0.15) is 6.04 Å². The fourth-order valence-corrected chi connectivity index (χ4v) is 2.68. The summed E-state index contributed by atoms with van der Waals surface area (Å²) in [6, 6.07) is 9.90. The van der Waals surface area contributed by atoms with Crippen molar-refractivity contribution < 1.29 is 9.53 Å². The molecule has 0 fully saturated rings. The zero-order valence-corrected chi connectivity index (χ0v) is 14.8. The predicted octanol–water partition coefficient (Wildman–Crippen LogP) is 1.99. The summed E-state index contributed by atoms with van der Waals surface area (Å²) < 4.78 is 4.93. The molecule has 130 valence electrons. The number of hydrogen-bond acceptors (Lipinski definition) is 4. The van der Waals surface area contributed by atoms with Crippen molar-refractivity contribution in [3.8, 4) is 0 Å². The maximum atomic E-state index is 12.0. The quantitative estimate of drug-likeness (QED) is 0.616. The van der Waals surface area contributed by atoms with E-state index < -0.39 is 6.04 Å². The van der Waals surface area contributed by atoms with Crippen molar-refractivity contribution in [1.82, 2.24) is 10.6 Å². The van der Waals surface area contributed by atoms with E-state index >= 15 is 0 Å². The van der Waals surface area contributed by atoms with Crippen molar-refractivity contribution in [1.29, 1.82) is 0 Å². The number of benzene rings is 1. The van der Waals surface area contributed by atoms with E-state index in [4.69, 9.17) is 10.5 Å². The molecule has 1 amide bonds. The first-order valence-electron chi connectivity index (χ1n) is 8.33. The molecule has 4 N–H and O–H groups in total. The minimum absolute atomic E-state index is 0.155. The SMILES string of the molecule is CCC(CC)(CNC(=O)C(N)COC)NC(C)c1ccccc1. The molecule has 1 rings (SSSR count). The van der Waals surface area contributed by atoms with Crippen molar-refractivity contribution in [3.05, 3.63) is 35.9 Å². The Balaban J connectivity index is 2.69. The monoisotopic (exact) mass is 321 g/mol. The Morgan fingerprint density at radius 2 is 1.87 bits per heavy atom. The molecule has 2 atom stereocenters. The number of ether oxygens (including phenoxy) is 1. The molecule has 5 heteroatoms. The van der Waals surface area contributed by atoms with Gasteiger partial charge in [0.05, 0.1) is 6.61 Å². The Hall–Kier alpha value is -1.43. The van der Waals surface area contributed by atoms with Crippen LogP contribution in [0, 0.1) is 0 Å². The third-order valence-corrected chi connectivity index (χ3v) is 4.46. The molecule has 0 aliphatic rings. The normalized spacial score (nSPS) is 14.3. The first kappa shape index (κ1) is 19.6. The first-order chi connectivity index (χ1) is 11.0. The van der Waals surface area contributed by atoms with E-state index in [0.29, 0.717) is 6.54 Å². The van der Waals surface area contributed by atoms with Crippen LogP contribution < -0.4 is 16.4 Å². The van der Waals surface area contributed by atoms with Gasteiger partial charge in [-0.1, -0.05) is 44.2 Å². The first-order valence-corrected chi connectivity index (χ1v) is 8.33. The molecule has 0 spiro atoms. The summed E-state index contributed by atoms with van der Waals surface area (Å²) in [5.41, 5.74) is 6.86.